The van der Waals surface area contributed by atoms with Gasteiger partial charge in [-0.25, -0.2) is 0 Å². The molecule has 1 N–H and O–H groups in total. The Kier molecular flexibility index (Phi) is 3.63. The lowest BCUT2D eigenvalue weighted by Crippen LogP contribution is -2.18. The van der Waals surface area contributed by atoms with Crippen molar-refractivity contribution in [1.29, 1.82) is 0 Å². The Bertz CT molecular complexity index is 493. The second kappa shape index (κ2) is 5.03. The van der Waals surface area contributed by atoms with Gasteiger partial charge in [0.15, 0.2) is 0 Å². The van der Waals surface area contributed by atoms with Crippen LogP contribution in [-0.2, 0) is 6.18 Å². The number of rotatable bonds is 3. The fraction of sp³-hybridized carbons (Fsp3) is 0.273. The second-order valence-electron chi connectivity index (χ2n) is 3.67. The number of hydrogen-bond acceptors (Lipinski definition) is 4. The summed E-state index contributed by atoms with van der Waals surface area (Å²) in [7, 11) is 1.72. The van der Waals surface area contributed by atoms with Crippen molar-refractivity contribution < 1.29 is 13.2 Å². The largest absolute Gasteiger partial charge is 0.416 e. The Morgan fingerprint density at radius 1 is 1.22 bits per heavy atom. The highest BCUT2D eigenvalue weighted by Crippen LogP contribution is 2.30. The molecule has 1 atom stereocenters. The van der Waals surface area contributed by atoms with Crippen LogP contribution in [0.25, 0.3) is 0 Å². The van der Waals surface area contributed by atoms with Gasteiger partial charge in [0, 0.05) is 5.38 Å². The summed E-state index contributed by atoms with van der Waals surface area (Å²) >= 11 is 1.20. The molecule has 1 aromatic heterocycles. The molecule has 0 aliphatic rings. The molecule has 1 aromatic carbocycles. The smallest absolute Gasteiger partial charge is 0.308 e. The average molecular weight is 273 g/mol. The summed E-state index contributed by atoms with van der Waals surface area (Å²) < 4.78 is 41.1. The zero-order valence-corrected chi connectivity index (χ0v) is 10.2. The molecule has 2 rings (SSSR count). The summed E-state index contributed by atoms with van der Waals surface area (Å²) in [5.74, 6) is 0. The fourth-order valence-electron chi connectivity index (χ4n) is 1.65. The number of benzene rings is 1. The van der Waals surface area contributed by atoms with Gasteiger partial charge in [-0.3, -0.25) is 0 Å². The lowest BCUT2D eigenvalue weighted by molar-refractivity contribution is -0.137. The van der Waals surface area contributed by atoms with Crippen molar-refractivity contribution in [1.82, 2.24) is 14.9 Å². The van der Waals surface area contributed by atoms with Crippen molar-refractivity contribution in [2.24, 2.45) is 0 Å². The van der Waals surface area contributed by atoms with E-state index in [-0.39, 0.29) is 6.04 Å². The van der Waals surface area contributed by atoms with Crippen LogP contribution in [0.3, 0.4) is 0 Å². The van der Waals surface area contributed by atoms with Gasteiger partial charge in [-0.1, -0.05) is 16.6 Å². The predicted molar refractivity (Wildman–Crippen MR) is 62.3 cm³/mol. The van der Waals surface area contributed by atoms with Gasteiger partial charge in [-0.2, -0.15) is 13.2 Å². The first kappa shape index (κ1) is 13.0. The van der Waals surface area contributed by atoms with Crippen LogP contribution in [0.5, 0.6) is 0 Å². The number of nitrogens with zero attached hydrogens (tertiary/aromatic N) is 2. The molecule has 1 heterocycles. The second-order valence-corrected chi connectivity index (χ2v) is 4.28. The van der Waals surface area contributed by atoms with Gasteiger partial charge in [0.1, 0.15) is 0 Å². The molecule has 0 fully saturated rings. The van der Waals surface area contributed by atoms with Crippen molar-refractivity contribution in [3.05, 3.63) is 46.5 Å². The minimum atomic E-state index is -4.31. The standard InChI is InChI=1S/C11H10F3N3S/c1-15-10(9-6-18-17-16-9)7-2-4-8(5-3-7)11(12,13)14/h2-6,10,15H,1H3. The van der Waals surface area contributed by atoms with E-state index in [1.54, 1.807) is 12.4 Å². The van der Waals surface area contributed by atoms with Gasteiger partial charge in [0.25, 0.3) is 0 Å². The Balaban J connectivity index is 2.28. The molecule has 0 aliphatic carbocycles. The summed E-state index contributed by atoms with van der Waals surface area (Å²) in [6.07, 6.45) is -4.31. The Labute approximate surface area is 106 Å². The molecule has 96 valence electrons. The number of aromatic nitrogens is 2. The quantitative estimate of drug-likeness (QED) is 0.934. The first-order valence-electron chi connectivity index (χ1n) is 5.13. The maximum absolute atomic E-state index is 12.4. The van der Waals surface area contributed by atoms with Crippen LogP contribution in [0.15, 0.2) is 29.6 Å². The monoisotopic (exact) mass is 273 g/mol. The van der Waals surface area contributed by atoms with Crippen molar-refractivity contribution in [2.45, 2.75) is 12.2 Å². The normalized spacial score (nSPS) is 13.6. The minimum absolute atomic E-state index is 0.244. The first-order chi connectivity index (χ1) is 8.52. The molecule has 1 unspecified atom stereocenters. The molecule has 0 amide bonds. The molecule has 3 nitrogen and oxygen atoms in total. The highest BCUT2D eigenvalue weighted by Gasteiger charge is 2.30. The maximum Gasteiger partial charge on any atom is 0.416 e. The molecule has 0 aliphatic heterocycles. The average Bonchev–Trinajstić information content (AvgIpc) is 2.83. The van der Waals surface area contributed by atoms with Crippen molar-refractivity contribution >= 4 is 11.5 Å². The van der Waals surface area contributed by atoms with Crippen LogP contribution in [0, 0.1) is 0 Å². The molecule has 0 bridgehead atoms. The third-order valence-electron chi connectivity index (χ3n) is 2.53. The SMILES string of the molecule is CNC(c1ccc(C(F)(F)F)cc1)c1csnn1. The highest BCUT2D eigenvalue weighted by molar-refractivity contribution is 7.03. The zero-order valence-electron chi connectivity index (χ0n) is 9.40. The summed E-state index contributed by atoms with van der Waals surface area (Å²) in [5, 5.41) is 8.68. The minimum Gasteiger partial charge on any atom is -0.308 e. The lowest BCUT2D eigenvalue weighted by atomic mass is 10.0. The van der Waals surface area contributed by atoms with E-state index in [1.807, 2.05) is 0 Å². The number of hydrogen-bond donors (Lipinski definition) is 1. The summed E-state index contributed by atoms with van der Waals surface area (Å²) in [4.78, 5) is 0. The van der Waals surface area contributed by atoms with E-state index in [2.05, 4.69) is 14.9 Å². The van der Waals surface area contributed by atoms with Gasteiger partial charge in [-0.05, 0) is 36.3 Å². The van der Waals surface area contributed by atoms with Crippen LogP contribution in [0.4, 0.5) is 13.2 Å². The van der Waals surface area contributed by atoms with Crippen LogP contribution in [-0.4, -0.2) is 16.6 Å². The van der Waals surface area contributed by atoms with Crippen molar-refractivity contribution in [3.63, 3.8) is 0 Å². The molecule has 7 heteroatoms. The van der Waals surface area contributed by atoms with E-state index in [0.717, 1.165) is 17.7 Å². The van der Waals surface area contributed by atoms with Crippen LogP contribution < -0.4 is 5.32 Å². The van der Waals surface area contributed by atoms with Crippen LogP contribution in [0.1, 0.15) is 22.9 Å². The first-order valence-corrected chi connectivity index (χ1v) is 5.97. The summed E-state index contributed by atoms with van der Waals surface area (Å²) in [5.41, 5.74) is 0.762. The molecule has 0 spiro atoms. The predicted octanol–water partition coefficient (Wildman–Crippen LogP) is 2.87. The Morgan fingerprint density at radius 3 is 2.33 bits per heavy atom. The third kappa shape index (κ3) is 2.68. The van der Waals surface area contributed by atoms with Gasteiger partial charge in [0.05, 0.1) is 17.3 Å². The van der Waals surface area contributed by atoms with E-state index in [1.165, 1.54) is 23.7 Å². The molecule has 0 radical (unpaired) electrons. The van der Waals surface area contributed by atoms with E-state index in [4.69, 9.17) is 0 Å². The number of halogens is 3. The van der Waals surface area contributed by atoms with Crippen LogP contribution >= 0.6 is 11.5 Å². The van der Waals surface area contributed by atoms with Gasteiger partial charge in [-0.15, -0.1) is 5.10 Å². The van der Waals surface area contributed by atoms with Crippen molar-refractivity contribution in [3.8, 4) is 0 Å². The molecule has 0 saturated heterocycles. The van der Waals surface area contributed by atoms with E-state index < -0.39 is 11.7 Å². The highest BCUT2D eigenvalue weighted by atomic mass is 32.1. The van der Waals surface area contributed by atoms with Crippen LogP contribution in [0.2, 0.25) is 0 Å². The topological polar surface area (TPSA) is 37.8 Å². The van der Waals surface area contributed by atoms with Crippen molar-refractivity contribution in [2.75, 3.05) is 7.05 Å². The molecular weight excluding hydrogens is 263 g/mol. The molecule has 2 aromatic rings. The van der Waals surface area contributed by atoms with Gasteiger partial charge in [0.2, 0.25) is 0 Å². The Hall–Kier alpha value is -1.47. The van der Waals surface area contributed by atoms with Gasteiger partial charge >= 0.3 is 6.18 Å². The van der Waals surface area contributed by atoms with E-state index in [0.29, 0.717) is 5.69 Å². The summed E-state index contributed by atoms with van der Waals surface area (Å²) in [6.45, 7) is 0. The number of alkyl halides is 3. The Morgan fingerprint density at radius 2 is 1.89 bits per heavy atom. The third-order valence-corrected chi connectivity index (χ3v) is 3.06. The maximum atomic E-state index is 12.4. The molecular formula is C11H10F3N3S. The number of nitrogens with one attached hydrogen (secondary N) is 1. The van der Waals surface area contributed by atoms with E-state index in [9.17, 15) is 13.2 Å². The lowest BCUT2D eigenvalue weighted by Gasteiger charge is -2.14. The fourth-order valence-corrected chi connectivity index (χ4v) is 2.13. The molecule has 0 saturated carbocycles. The van der Waals surface area contributed by atoms with E-state index >= 15 is 0 Å². The summed E-state index contributed by atoms with van der Waals surface area (Å²) in [6, 6.07) is 4.79. The molecule has 18 heavy (non-hydrogen) atoms. The zero-order chi connectivity index (χ0) is 13.2. The van der Waals surface area contributed by atoms with Gasteiger partial charge < -0.3 is 5.32 Å².